The van der Waals surface area contributed by atoms with Crippen LogP contribution in [0.5, 0.6) is 0 Å². The summed E-state index contributed by atoms with van der Waals surface area (Å²) in [4.78, 5) is 4.60. The molecule has 102 valence electrons. The Morgan fingerprint density at radius 2 is 2.32 bits per heavy atom. The summed E-state index contributed by atoms with van der Waals surface area (Å²) in [5.74, 6) is 0. The van der Waals surface area contributed by atoms with Gasteiger partial charge in [-0.25, -0.2) is 4.98 Å². The standard InChI is InChI=1S/C14H17ClN2OS/c1-14(2)8-10(5-6-18-14)16-13-17-11-7-9(15)3-4-12(11)19-13/h3-4,7,10H,5-6,8H2,1-2H3,(H,16,17). The van der Waals surface area contributed by atoms with Crippen molar-refractivity contribution in [2.75, 3.05) is 11.9 Å². The minimum atomic E-state index is -0.0457. The van der Waals surface area contributed by atoms with Crippen LogP contribution >= 0.6 is 22.9 Å². The van der Waals surface area contributed by atoms with Gasteiger partial charge in [0.1, 0.15) is 0 Å². The van der Waals surface area contributed by atoms with Crippen LogP contribution in [0.25, 0.3) is 10.2 Å². The molecule has 0 aliphatic carbocycles. The first-order valence-electron chi connectivity index (χ1n) is 6.48. The molecule has 1 aliphatic rings. The lowest BCUT2D eigenvalue weighted by Gasteiger charge is -2.35. The minimum absolute atomic E-state index is 0.0457. The van der Waals surface area contributed by atoms with Crippen molar-refractivity contribution in [3.8, 4) is 0 Å². The van der Waals surface area contributed by atoms with E-state index in [0.717, 1.165) is 35.1 Å². The van der Waals surface area contributed by atoms with Crippen molar-refractivity contribution in [2.45, 2.75) is 38.3 Å². The molecule has 3 rings (SSSR count). The number of hydrogen-bond acceptors (Lipinski definition) is 4. The molecule has 0 saturated carbocycles. The van der Waals surface area contributed by atoms with E-state index in [1.807, 2.05) is 18.2 Å². The Bertz CT molecular complexity index is 596. The van der Waals surface area contributed by atoms with Crippen LogP contribution in [0.4, 0.5) is 5.13 Å². The van der Waals surface area contributed by atoms with Crippen molar-refractivity contribution in [2.24, 2.45) is 0 Å². The molecule has 3 nitrogen and oxygen atoms in total. The quantitative estimate of drug-likeness (QED) is 0.896. The number of ether oxygens (including phenoxy) is 1. The molecule has 1 aromatic heterocycles. The van der Waals surface area contributed by atoms with E-state index >= 15 is 0 Å². The lowest BCUT2D eigenvalue weighted by atomic mass is 9.94. The molecular weight excluding hydrogens is 280 g/mol. The smallest absolute Gasteiger partial charge is 0.184 e. The summed E-state index contributed by atoms with van der Waals surface area (Å²) in [5.41, 5.74) is 0.918. The first kappa shape index (κ1) is 13.2. The summed E-state index contributed by atoms with van der Waals surface area (Å²) >= 11 is 7.66. The molecule has 1 fully saturated rings. The van der Waals surface area contributed by atoms with Gasteiger partial charge in [0, 0.05) is 17.7 Å². The zero-order chi connectivity index (χ0) is 13.5. The molecule has 0 bridgehead atoms. The van der Waals surface area contributed by atoms with E-state index in [-0.39, 0.29) is 5.60 Å². The van der Waals surface area contributed by atoms with E-state index in [9.17, 15) is 0 Å². The van der Waals surface area contributed by atoms with E-state index in [0.29, 0.717) is 6.04 Å². The number of anilines is 1. The highest BCUT2D eigenvalue weighted by Crippen LogP contribution is 2.31. The van der Waals surface area contributed by atoms with E-state index in [1.54, 1.807) is 11.3 Å². The zero-order valence-electron chi connectivity index (χ0n) is 11.1. The van der Waals surface area contributed by atoms with E-state index in [1.165, 1.54) is 4.70 Å². The highest BCUT2D eigenvalue weighted by atomic mass is 35.5. The molecule has 5 heteroatoms. The van der Waals surface area contributed by atoms with Crippen LogP contribution in [-0.2, 0) is 4.74 Å². The van der Waals surface area contributed by atoms with Gasteiger partial charge in [-0.2, -0.15) is 0 Å². The molecule has 0 amide bonds. The molecule has 0 spiro atoms. The molecule has 1 atom stereocenters. The number of fused-ring (bicyclic) bond motifs is 1. The number of rotatable bonds is 2. The third kappa shape index (κ3) is 3.02. The molecule has 0 radical (unpaired) electrons. The maximum Gasteiger partial charge on any atom is 0.184 e. The maximum absolute atomic E-state index is 5.98. The molecular formula is C14H17ClN2OS. The van der Waals surface area contributed by atoms with Crippen molar-refractivity contribution >= 4 is 38.3 Å². The number of hydrogen-bond donors (Lipinski definition) is 1. The lowest BCUT2D eigenvalue weighted by molar-refractivity contribution is -0.0553. The van der Waals surface area contributed by atoms with Crippen LogP contribution in [0.3, 0.4) is 0 Å². The average molecular weight is 297 g/mol. The highest BCUT2D eigenvalue weighted by Gasteiger charge is 2.29. The third-order valence-corrected chi connectivity index (χ3v) is 4.58. The fourth-order valence-electron chi connectivity index (χ4n) is 2.49. The van der Waals surface area contributed by atoms with Gasteiger partial charge in [-0.15, -0.1) is 0 Å². The van der Waals surface area contributed by atoms with Gasteiger partial charge in [-0.3, -0.25) is 0 Å². The molecule has 19 heavy (non-hydrogen) atoms. The molecule has 1 saturated heterocycles. The molecule has 2 aromatic rings. The molecule has 1 unspecified atom stereocenters. The Labute approximate surface area is 121 Å². The number of nitrogens with zero attached hydrogens (tertiary/aromatic N) is 1. The van der Waals surface area contributed by atoms with Crippen LogP contribution in [0.2, 0.25) is 5.02 Å². The van der Waals surface area contributed by atoms with Crippen molar-refractivity contribution < 1.29 is 4.74 Å². The monoisotopic (exact) mass is 296 g/mol. The second-order valence-electron chi connectivity index (χ2n) is 5.57. The number of halogens is 1. The summed E-state index contributed by atoms with van der Waals surface area (Å²) in [5, 5.41) is 5.23. The third-order valence-electron chi connectivity index (χ3n) is 3.37. The van der Waals surface area contributed by atoms with Gasteiger partial charge in [0.15, 0.2) is 5.13 Å². The largest absolute Gasteiger partial charge is 0.375 e. The molecule has 2 heterocycles. The number of benzene rings is 1. The van der Waals surface area contributed by atoms with Gasteiger partial charge in [0.2, 0.25) is 0 Å². The number of aromatic nitrogens is 1. The molecule has 1 aromatic carbocycles. The summed E-state index contributed by atoms with van der Waals surface area (Å²) in [6.45, 7) is 5.08. The Hall–Kier alpha value is -0.840. The van der Waals surface area contributed by atoms with Crippen LogP contribution in [0, 0.1) is 0 Å². The molecule has 1 aliphatic heterocycles. The predicted octanol–water partition coefficient (Wildman–Crippen LogP) is 4.32. The Balaban J connectivity index is 1.77. The van der Waals surface area contributed by atoms with Gasteiger partial charge in [0.25, 0.3) is 0 Å². The Kier molecular flexibility index (Phi) is 3.41. The predicted molar refractivity (Wildman–Crippen MR) is 81.3 cm³/mol. The van der Waals surface area contributed by atoms with E-state index < -0.39 is 0 Å². The molecule has 1 N–H and O–H groups in total. The summed E-state index contributed by atoms with van der Waals surface area (Å²) in [7, 11) is 0. The first-order valence-corrected chi connectivity index (χ1v) is 7.68. The summed E-state index contributed by atoms with van der Waals surface area (Å²) < 4.78 is 6.90. The summed E-state index contributed by atoms with van der Waals surface area (Å²) in [6, 6.07) is 6.27. The van der Waals surface area contributed by atoms with E-state index in [4.69, 9.17) is 16.3 Å². The average Bonchev–Trinajstić information content (AvgIpc) is 2.68. The summed E-state index contributed by atoms with van der Waals surface area (Å²) in [6.07, 6.45) is 2.03. The fraction of sp³-hybridized carbons (Fsp3) is 0.500. The second kappa shape index (κ2) is 4.93. The zero-order valence-corrected chi connectivity index (χ0v) is 12.6. The second-order valence-corrected chi connectivity index (χ2v) is 7.04. The normalized spacial score (nSPS) is 22.6. The van der Waals surface area contributed by atoms with Crippen LogP contribution in [0.1, 0.15) is 26.7 Å². The van der Waals surface area contributed by atoms with Crippen molar-refractivity contribution in [3.63, 3.8) is 0 Å². The van der Waals surface area contributed by atoms with Crippen molar-refractivity contribution in [1.82, 2.24) is 4.98 Å². The lowest BCUT2D eigenvalue weighted by Crippen LogP contribution is -2.40. The number of thiazole rings is 1. The van der Waals surface area contributed by atoms with E-state index in [2.05, 4.69) is 24.1 Å². The Morgan fingerprint density at radius 3 is 3.11 bits per heavy atom. The van der Waals surface area contributed by atoms with Gasteiger partial charge in [-0.05, 0) is 44.9 Å². The van der Waals surface area contributed by atoms with Crippen LogP contribution in [-0.4, -0.2) is 23.2 Å². The minimum Gasteiger partial charge on any atom is -0.375 e. The van der Waals surface area contributed by atoms with Gasteiger partial charge >= 0.3 is 0 Å². The van der Waals surface area contributed by atoms with Crippen molar-refractivity contribution in [3.05, 3.63) is 23.2 Å². The topological polar surface area (TPSA) is 34.2 Å². The highest BCUT2D eigenvalue weighted by molar-refractivity contribution is 7.22. The van der Waals surface area contributed by atoms with Crippen LogP contribution in [0.15, 0.2) is 18.2 Å². The van der Waals surface area contributed by atoms with Crippen LogP contribution < -0.4 is 5.32 Å². The fourth-order valence-corrected chi connectivity index (χ4v) is 3.58. The van der Waals surface area contributed by atoms with Gasteiger partial charge in [-0.1, -0.05) is 22.9 Å². The van der Waals surface area contributed by atoms with Gasteiger partial charge < -0.3 is 10.1 Å². The SMILES string of the molecule is CC1(C)CC(Nc2nc3cc(Cl)ccc3s2)CCO1. The van der Waals surface area contributed by atoms with Gasteiger partial charge in [0.05, 0.1) is 15.8 Å². The first-order chi connectivity index (χ1) is 9.02. The maximum atomic E-state index is 5.98. The van der Waals surface area contributed by atoms with Crippen molar-refractivity contribution in [1.29, 1.82) is 0 Å². The number of nitrogens with one attached hydrogen (secondary N) is 1. The Morgan fingerprint density at radius 1 is 1.47 bits per heavy atom.